The summed E-state index contributed by atoms with van der Waals surface area (Å²) in [5.74, 6) is 0.691. The molecule has 0 fully saturated rings. The average molecular weight is 364 g/mol. The van der Waals surface area contributed by atoms with Gasteiger partial charge in [0.15, 0.2) is 0 Å². The zero-order chi connectivity index (χ0) is 13.2. The lowest BCUT2D eigenvalue weighted by Gasteiger charge is -2.07. The first kappa shape index (κ1) is 14.9. The van der Waals surface area contributed by atoms with Crippen molar-refractivity contribution in [3.63, 3.8) is 0 Å². The van der Waals surface area contributed by atoms with Crippen molar-refractivity contribution in [1.29, 1.82) is 0 Å². The van der Waals surface area contributed by atoms with E-state index in [0.717, 1.165) is 16.5 Å². The van der Waals surface area contributed by atoms with Gasteiger partial charge in [-0.15, -0.1) is 10.2 Å². The van der Waals surface area contributed by atoms with Gasteiger partial charge in [0.25, 0.3) is 0 Å². The van der Waals surface area contributed by atoms with Gasteiger partial charge in [0.2, 0.25) is 0 Å². The second kappa shape index (κ2) is 8.90. The van der Waals surface area contributed by atoms with Crippen LogP contribution in [0.25, 0.3) is 0 Å². The molecule has 1 amide bonds. The van der Waals surface area contributed by atoms with Gasteiger partial charge in [-0.25, -0.2) is 4.79 Å². The van der Waals surface area contributed by atoms with Crippen LogP contribution in [0.1, 0.15) is 19.8 Å². The van der Waals surface area contributed by atoms with Crippen LogP contribution in [0.4, 0.5) is 10.6 Å². The molecule has 6 nitrogen and oxygen atoms in total. The Hall–Kier alpha value is -1.12. The van der Waals surface area contributed by atoms with Crippen molar-refractivity contribution in [3.05, 3.63) is 15.8 Å². The van der Waals surface area contributed by atoms with Crippen molar-refractivity contribution < 1.29 is 9.53 Å². The third kappa shape index (κ3) is 6.58. The molecule has 100 valence electrons. The Morgan fingerprint density at radius 2 is 2.22 bits per heavy atom. The molecule has 0 saturated heterocycles. The largest absolute Gasteiger partial charge is 0.450 e. The van der Waals surface area contributed by atoms with Crippen LogP contribution in [-0.4, -0.2) is 36.0 Å². The molecule has 1 rings (SSSR count). The standard InChI is InChI=1S/C11H17IN4O2/c1-2-3-8-18-11(17)14-7-6-13-10-5-4-9(12)15-16-10/h4-5H,2-3,6-8H2,1H3,(H,13,16)(H,14,17). The lowest BCUT2D eigenvalue weighted by atomic mass is 10.4. The van der Waals surface area contributed by atoms with Gasteiger partial charge in [0.1, 0.15) is 9.52 Å². The second-order valence-electron chi connectivity index (χ2n) is 3.58. The third-order valence-corrected chi connectivity index (χ3v) is 2.64. The van der Waals surface area contributed by atoms with Crippen molar-refractivity contribution >= 4 is 34.5 Å². The molecule has 0 aromatic carbocycles. The summed E-state index contributed by atoms with van der Waals surface area (Å²) >= 11 is 2.09. The minimum Gasteiger partial charge on any atom is -0.450 e. The quantitative estimate of drug-likeness (QED) is 0.572. The minimum atomic E-state index is -0.376. The summed E-state index contributed by atoms with van der Waals surface area (Å²) in [7, 11) is 0. The monoisotopic (exact) mass is 364 g/mol. The van der Waals surface area contributed by atoms with Crippen LogP contribution in [-0.2, 0) is 4.74 Å². The number of hydrogen-bond acceptors (Lipinski definition) is 5. The summed E-state index contributed by atoms with van der Waals surface area (Å²) in [6.45, 7) is 3.59. The number of nitrogens with zero attached hydrogens (tertiary/aromatic N) is 2. The van der Waals surface area contributed by atoms with Gasteiger partial charge in [0.05, 0.1) is 6.61 Å². The number of alkyl carbamates (subject to hydrolysis) is 1. The van der Waals surface area contributed by atoms with E-state index >= 15 is 0 Å². The Bertz CT molecular complexity index is 359. The lowest BCUT2D eigenvalue weighted by molar-refractivity contribution is 0.145. The number of anilines is 1. The van der Waals surface area contributed by atoms with Gasteiger partial charge in [-0.1, -0.05) is 13.3 Å². The Morgan fingerprint density at radius 3 is 2.89 bits per heavy atom. The molecule has 0 unspecified atom stereocenters. The molecule has 1 heterocycles. The third-order valence-electron chi connectivity index (χ3n) is 2.06. The second-order valence-corrected chi connectivity index (χ2v) is 4.69. The number of hydrogen-bond donors (Lipinski definition) is 2. The van der Waals surface area contributed by atoms with Crippen molar-refractivity contribution in [2.45, 2.75) is 19.8 Å². The Labute approximate surface area is 120 Å². The van der Waals surface area contributed by atoms with E-state index in [4.69, 9.17) is 4.74 Å². The summed E-state index contributed by atoms with van der Waals surface area (Å²) in [6.07, 6.45) is 1.53. The van der Waals surface area contributed by atoms with Crippen LogP contribution in [0.15, 0.2) is 12.1 Å². The van der Waals surface area contributed by atoms with Crippen LogP contribution in [0.2, 0.25) is 0 Å². The van der Waals surface area contributed by atoms with Gasteiger partial charge >= 0.3 is 6.09 Å². The summed E-state index contributed by atoms with van der Waals surface area (Å²) < 4.78 is 5.79. The summed E-state index contributed by atoms with van der Waals surface area (Å²) in [6, 6.07) is 3.71. The molecular formula is C11H17IN4O2. The Kier molecular flexibility index (Phi) is 7.38. The van der Waals surface area contributed by atoms with E-state index in [1.807, 2.05) is 19.1 Å². The molecule has 0 radical (unpaired) electrons. The first-order chi connectivity index (χ1) is 8.72. The number of ether oxygens (including phenoxy) is 1. The maximum atomic E-state index is 11.2. The van der Waals surface area contributed by atoms with Crippen molar-refractivity contribution in [2.75, 3.05) is 25.0 Å². The first-order valence-corrected chi connectivity index (χ1v) is 6.94. The lowest BCUT2D eigenvalue weighted by Crippen LogP contribution is -2.29. The number of halogens is 1. The topological polar surface area (TPSA) is 76.1 Å². The predicted molar refractivity (Wildman–Crippen MR) is 77.5 cm³/mol. The van der Waals surface area contributed by atoms with Crippen LogP contribution in [0.3, 0.4) is 0 Å². The number of nitrogens with one attached hydrogen (secondary N) is 2. The number of aromatic nitrogens is 2. The highest BCUT2D eigenvalue weighted by Crippen LogP contribution is 2.02. The van der Waals surface area contributed by atoms with E-state index in [-0.39, 0.29) is 6.09 Å². The van der Waals surface area contributed by atoms with E-state index in [9.17, 15) is 4.79 Å². The van der Waals surface area contributed by atoms with Gasteiger partial charge in [-0.05, 0) is 41.1 Å². The number of carbonyl (C=O) groups excluding carboxylic acids is 1. The van der Waals surface area contributed by atoms with Gasteiger partial charge in [-0.3, -0.25) is 0 Å². The van der Waals surface area contributed by atoms with Gasteiger partial charge in [0, 0.05) is 13.1 Å². The van der Waals surface area contributed by atoms with Crippen LogP contribution >= 0.6 is 22.6 Å². The predicted octanol–water partition coefficient (Wildman–Crippen LogP) is 2.02. The fourth-order valence-electron chi connectivity index (χ4n) is 1.13. The zero-order valence-corrected chi connectivity index (χ0v) is 12.4. The molecule has 0 aliphatic carbocycles. The minimum absolute atomic E-state index is 0.376. The molecule has 1 aromatic heterocycles. The molecule has 2 N–H and O–H groups in total. The van der Waals surface area contributed by atoms with Gasteiger partial charge < -0.3 is 15.4 Å². The summed E-state index contributed by atoms with van der Waals surface area (Å²) in [4.78, 5) is 11.2. The van der Waals surface area contributed by atoms with E-state index in [2.05, 4.69) is 43.4 Å². The van der Waals surface area contributed by atoms with E-state index in [1.165, 1.54) is 0 Å². The highest BCUT2D eigenvalue weighted by atomic mass is 127. The number of carbonyl (C=O) groups is 1. The molecule has 7 heteroatoms. The molecule has 1 aromatic rings. The van der Waals surface area contributed by atoms with Crippen LogP contribution in [0.5, 0.6) is 0 Å². The normalized spacial score (nSPS) is 9.89. The Balaban J connectivity index is 2.07. The van der Waals surface area contributed by atoms with Crippen LogP contribution < -0.4 is 10.6 Å². The number of unbranched alkanes of at least 4 members (excludes halogenated alkanes) is 1. The SMILES string of the molecule is CCCCOC(=O)NCCNc1ccc(I)nn1. The smallest absolute Gasteiger partial charge is 0.407 e. The number of rotatable bonds is 7. The highest BCUT2D eigenvalue weighted by molar-refractivity contribution is 14.1. The van der Waals surface area contributed by atoms with E-state index in [1.54, 1.807) is 0 Å². The first-order valence-electron chi connectivity index (χ1n) is 5.86. The van der Waals surface area contributed by atoms with Crippen molar-refractivity contribution in [2.24, 2.45) is 0 Å². The molecule has 0 aliphatic heterocycles. The molecule has 0 saturated carbocycles. The molecular weight excluding hydrogens is 347 g/mol. The Morgan fingerprint density at radius 1 is 1.39 bits per heavy atom. The fraction of sp³-hybridized carbons (Fsp3) is 0.545. The van der Waals surface area contributed by atoms with Gasteiger partial charge in [-0.2, -0.15) is 0 Å². The summed E-state index contributed by atoms with van der Waals surface area (Å²) in [5, 5.41) is 13.5. The molecule has 0 spiro atoms. The number of amides is 1. The average Bonchev–Trinajstić information content (AvgIpc) is 2.37. The molecule has 0 atom stereocenters. The molecule has 0 aliphatic rings. The van der Waals surface area contributed by atoms with Crippen molar-refractivity contribution in [3.8, 4) is 0 Å². The van der Waals surface area contributed by atoms with E-state index in [0.29, 0.717) is 25.5 Å². The highest BCUT2D eigenvalue weighted by Gasteiger charge is 2.00. The maximum absolute atomic E-state index is 11.2. The molecule has 0 bridgehead atoms. The van der Waals surface area contributed by atoms with Crippen molar-refractivity contribution in [1.82, 2.24) is 15.5 Å². The maximum Gasteiger partial charge on any atom is 0.407 e. The van der Waals surface area contributed by atoms with Crippen LogP contribution in [0, 0.1) is 3.70 Å². The zero-order valence-electron chi connectivity index (χ0n) is 10.3. The summed E-state index contributed by atoms with van der Waals surface area (Å²) in [5.41, 5.74) is 0. The fourth-order valence-corrected chi connectivity index (χ4v) is 1.41. The molecule has 18 heavy (non-hydrogen) atoms. The van der Waals surface area contributed by atoms with E-state index < -0.39 is 0 Å².